The summed E-state index contributed by atoms with van der Waals surface area (Å²) in [6.45, 7) is 3.97. The van der Waals surface area contributed by atoms with Gasteiger partial charge in [0, 0.05) is 12.6 Å². The van der Waals surface area contributed by atoms with Crippen LogP contribution in [-0.2, 0) is 0 Å². The van der Waals surface area contributed by atoms with Gasteiger partial charge in [-0.2, -0.15) is 0 Å². The first kappa shape index (κ1) is 18.8. The van der Waals surface area contributed by atoms with Gasteiger partial charge in [0.25, 0.3) is 5.91 Å². The number of rotatable bonds is 4. The molecule has 0 unspecified atom stereocenters. The van der Waals surface area contributed by atoms with Gasteiger partial charge in [0.15, 0.2) is 17.5 Å². The van der Waals surface area contributed by atoms with Crippen molar-refractivity contribution in [3.8, 4) is 0 Å². The van der Waals surface area contributed by atoms with E-state index in [0.717, 1.165) is 44.5 Å². The molecule has 22 heavy (non-hydrogen) atoms. The quantitative estimate of drug-likeness (QED) is 0.857. The summed E-state index contributed by atoms with van der Waals surface area (Å²) < 4.78 is 40.1. The molecule has 124 valence electrons. The smallest absolute Gasteiger partial charge is 0.257 e. The number of carbonyl (C=O) groups is 1. The zero-order chi connectivity index (χ0) is 15.4. The maximum atomic E-state index is 13.8. The van der Waals surface area contributed by atoms with Crippen molar-refractivity contribution in [2.75, 3.05) is 19.6 Å². The van der Waals surface area contributed by atoms with Crippen LogP contribution in [0.25, 0.3) is 0 Å². The van der Waals surface area contributed by atoms with E-state index in [1.807, 2.05) is 6.92 Å². The van der Waals surface area contributed by atoms with Crippen LogP contribution in [0.1, 0.15) is 36.5 Å². The first-order chi connectivity index (χ1) is 10.1. The van der Waals surface area contributed by atoms with Gasteiger partial charge in [-0.25, -0.2) is 13.2 Å². The molecule has 1 aromatic carbocycles. The molecule has 1 heterocycles. The predicted octanol–water partition coefficient (Wildman–Crippen LogP) is 3.13. The topological polar surface area (TPSA) is 32.3 Å². The first-order valence-electron chi connectivity index (χ1n) is 7.21. The molecule has 0 aromatic heterocycles. The van der Waals surface area contributed by atoms with Crippen LogP contribution in [0.3, 0.4) is 0 Å². The maximum absolute atomic E-state index is 13.8. The Morgan fingerprint density at radius 3 is 2.45 bits per heavy atom. The number of carbonyl (C=O) groups excluding carboxylic acids is 1. The molecule has 1 fully saturated rings. The third-order valence-corrected chi connectivity index (χ3v) is 3.74. The van der Waals surface area contributed by atoms with E-state index in [2.05, 4.69) is 5.32 Å². The third kappa shape index (κ3) is 3.93. The van der Waals surface area contributed by atoms with Gasteiger partial charge in [0.2, 0.25) is 0 Å². The highest BCUT2D eigenvalue weighted by atomic mass is 35.5. The molecule has 2 rings (SSSR count). The zero-order valence-electron chi connectivity index (χ0n) is 12.4. The van der Waals surface area contributed by atoms with E-state index in [1.165, 1.54) is 0 Å². The van der Waals surface area contributed by atoms with Gasteiger partial charge in [0.05, 0.1) is 5.56 Å². The average Bonchev–Trinajstić information content (AvgIpc) is 2.51. The van der Waals surface area contributed by atoms with Crippen LogP contribution in [0.4, 0.5) is 13.2 Å². The highest BCUT2D eigenvalue weighted by molar-refractivity contribution is 5.94. The van der Waals surface area contributed by atoms with E-state index in [0.29, 0.717) is 6.54 Å². The van der Waals surface area contributed by atoms with Crippen LogP contribution in [0.5, 0.6) is 0 Å². The van der Waals surface area contributed by atoms with Crippen molar-refractivity contribution in [3.05, 3.63) is 35.1 Å². The van der Waals surface area contributed by atoms with Crippen LogP contribution in [-0.4, -0.2) is 36.5 Å². The largest absolute Gasteiger partial charge is 0.335 e. The number of benzene rings is 1. The summed E-state index contributed by atoms with van der Waals surface area (Å²) in [4.78, 5) is 14.1. The molecule has 0 spiro atoms. The number of halogens is 4. The summed E-state index contributed by atoms with van der Waals surface area (Å²) in [5, 5.41) is 3.20. The molecular weight excluding hydrogens is 317 g/mol. The van der Waals surface area contributed by atoms with E-state index in [9.17, 15) is 18.0 Å². The Bertz CT molecular complexity index is 522. The summed E-state index contributed by atoms with van der Waals surface area (Å²) in [5.74, 6) is -4.86. The lowest BCUT2D eigenvalue weighted by molar-refractivity contribution is 0.0636. The molecule has 1 aliphatic rings. The highest BCUT2D eigenvalue weighted by Gasteiger charge is 2.28. The van der Waals surface area contributed by atoms with Crippen LogP contribution in [0, 0.1) is 17.5 Å². The SMILES string of the molecule is CCCN(C(=O)c1ccc(F)c(F)c1F)C1CCNCC1.Cl. The first-order valence-corrected chi connectivity index (χ1v) is 7.21. The van der Waals surface area contributed by atoms with Gasteiger partial charge in [-0.3, -0.25) is 4.79 Å². The molecule has 1 saturated heterocycles. The predicted molar refractivity (Wildman–Crippen MR) is 80.8 cm³/mol. The molecule has 7 heteroatoms. The Kier molecular flexibility index (Phi) is 7.16. The fraction of sp³-hybridized carbons (Fsp3) is 0.533. The number of amides is 1. The Morgan fingerprint density at radius 2 is 1.86 bits per heavy atom. The molecule has 1 aliphatic heterocycles. The van der Waals surface area contributed by atoms with E-state index >= 15 is 0 Å². The van der Waals surface area contributed by atoms with Crippen LogP contribution in [0.2, 0.25) is 0 Å². The molecule has 1 N–H and O–H groups in total. The number of hydrogen-bond acceptors (Lipinski definition) is 2. The molecule has 0 bridgehead atoms. The van der Waals surface area contributed by atoms with Crippen molar-refractivity contribution in [2.45, 2.75) is 32.2 Å². The minimum Gasteiger partial charge on any atom is -0.335 e. The van der Waals surface area contributed by atoms with Crippen molar-refractivity contribution >= 4 is 18.3 Å². The standard InChI is InChI=1S/C15H19F3N2O.ClH/c1-2-9-20(10-5-7-19-8-6-10)15(21)11-3-4-12(16)14(18)13(11)17;/h3-4,10,19H,2,5-9H2,1H3;1H. The van der Waals surface area contributed by atoms with Gasteiger partial charge >= 0.3 is 0 Å². The zero-order valence-corrected chi connectivity index (χ0v) is 13.2. The molecule has 1 aromatic rings. The minimum atomic E-state index is -1.59. The summed E-state index contributed by atoms with van der Waals surface area (Å²) >= 11 is 0. The lowest BCUT2D eigenvalue weighted by Gasteiger charge is -2.34. The number of hydrogen-bond donors (Lipinski definition) is 1. The molecule has 0 atom stereocenters. The second-order valence-electron chi connectivity index (χ2n) is 5.20. The summed E-state index contributed by atoms with van der Waals surface area (Å²) in [6.07, 6.45) is 2.27. The normalized spacial score (nSPS) is 15.3. The van der Waals surface area contributed by atoms with Crippen LogP contribution in [0.15, 0.2) is 12.1 Å². The fourth-order valence-corrected chi connectivity index (χ4v) is 2.65. The molecule has 0 radical (unpaired) electrons. The van der Waals surface area contributed by atoms with E-state index < -0.39 is 28.9 Å². The second-order valence-corrected chi connectivity index (χ2v) is 5.20. The molecule has 0 saturated carbocycles. The van der Waals surface area contributed by atoms with E-state index in [1.54, 1.807) is 4.90 Å². The van der Waals surface area contributed by atoms with Gasteiger partial charge in [-0.05, 0) is 44.5 Å². The Hall–Kier alpha value is -1.27. The fourth-order valence-electron chi connectivity index (χ4n) is 2.65. The summed E-state index contributed by atoms with van der Waals surface area (Å²) in [6, 6.07) is 1.81. The Balaban J connectivity index is 0.00000242. The number of nitrogens with zero attached hydrogens (tertiary/aromatic N) is 1. The minimum absolute atomic E-state index is 0. The second kappa shape index (κ2) is 8.39. The van der Waals surface area contributed by atoms with Crippen molar-refractivity contribution < 1.29 is 18.0 Å². The Morgan fingerprint density at radius 1 is 1.23 bits per heavy atom. The van der Waals surface area contributed by atoms with Crippen molar-refractivity contribution in [2.24, 2.45) is 0 Å². The average molecular weight is 337 g/mol. The van der Waals surface area contributed by atoms with Gasteiger partial charge in [0.1, 0.15) is 0 Å². The summed E-state index contributed by atoms with van der Waals surface area (Å²) in [5.41, 5.74) is -0.402. The number of piperidine rings is 1. The Labute approximate surface area is 134 Å². The molecular formula is C15H20ClF3N2O. The van der Waals surface area contributed by atoms with Crippen LogP contribution < -0.4 is 5.32 Å². The third-order valence-electron chi connectivity index (χ3n) is 3.74. The molecule has 3 nitrogen and oxygen atoms in total. The lowest BCUT2D eigenvalue weighted by atomic mass is 10.0. The van der Waals surface area contributed by atoms with Crippen molar-refractivity contribution in [1.29, 1.82) is 0 Å². The highest BCUT2D eigenvalue weighted by Crippen LogP contribution is 2.20. The van der Waals surface area contributed by atoms with Crippen LogP contribution >= 0.6 is 12.4 Å². The van der Waals surface area contributed by atoms with Crippen molar-refractivity contribution in [1.82, 2.24) is 10.2 Å². The van der Waals surface area contributed by atoms with Crippen molar-refractivity contribution in [3.63, 3.8) is 0 Å². The maximum Gasteiger partial charge on any atom is 0.257 e. The lowest BCUT2D eigenvalue weighted by Crippen LogP contribution is -2.46. The molecule has 0 aliphatic carbocycles. The monoisotopic (exact) mass is 336 g/mol. The number of nitrogens with one attached hydrogen (secondary N) is 1. The van der Waals surface area contributed by atoms with E-state index in [4.69, 9.17) is 0 Å². The van der Waals surface area contributed by atoms with Gasteiger partial charge < -0.3 is 10.2 Å². The molecule has 1 amide bonds. The van der Waals surface area contributed by atoms with Gasteiger partial charge in [-0.15, -0.1) is 12.4 Å². The van der Waals surface area contributed by atoms with Gasteiger partial charge in [-0.1, -0.05) is 6.92 Å². The summed E-state index contributed by atoms with van der Waals surface area (Å²) in [7, 11) is 0. The van der Waals surface area contributed by atoms with E-state index in [-0.39, 0.29) is 18.4 Å².